The molecule has 0 atom stereocenters. The molecule has 0 heterocycles. The summed E-state index contributed by atoms with van der Waals surface area (Å²) < 4.78 is 0. The maximum atomic E-state index is 12.4. The molecule has 0 spiro atoms. The van der Waals surface area contributed by atoms with Gasteiger partial charge in [-0.25, -0.2) is 0 Å². The summed E-state index contributed by atoms with van der Waals surface area (Å²) in [5, 5.41) is 11.6. The molecule has 0 aromatic heterocycles. The van der Waals surface area contributed by atoms with Gasteiger partial charge in [-0.1, -0.05) is 51.1 Å². The highest BCUT2D eigenvalue weighted by molar-refractivity contribution is 5.81. The van der Waals surface area contributed by atoms with Crippen LogP contribution in [0, 0.1) is 11.8 Å². The number of nitrogens with zero attached hydrogens (tertiary/aromatic N) is 2. The van der Waals surface area contributed by atoms with Gasteiger partial charge >= 0.3 is 0 Å². The van der Waals surface area contributed by atoms with Crippen LogP contribution in [0.5, 0.6) is 0 Å². The van der Waals surface area contributed by atoms with Gasteiger partial charge in [0.2, 0.25) is 5.91 Å². The average molecular weight is 297 g/mol. The van der Waals surface area contributed by atoms with E-state index in [2.05, 4.69) is 19.0 Å². The lowest BCUT2D eigenvalue weighted by atomic mass is 9.86. The smallest absolute Gasteiger partial charge is 0.222 e. The van der Waals surface area contributed by atoms with Crippen molar-refractivity contribution in [2.75, 3.05) is 13.1 Å². The first-order chi connectivity index (χ1) is 10.0. The molecule has 1 aliphatic carbocycles. The largest absolute Gasteiger partial charge is 0.409 e. The Morgan fingerprint density at radius 2 is 1.95 bits per heavy atom. The fraction of sp³-hybridized carbons (Fsp3) is 0.875. The molecular formula is C16H31N3O2. The molecule has 0 saturated heterocycles. The standard InChI is InChI=1S/C16H31N3O2/c1-13(2)12-19(11-10-15(17)18-21)16(20)9-8-14-6-4-3-5-7-14/h13-14,21H,3-12H2,1-2H3,(H2,17,18). The van der Waals surface area contributed by atoms with E-state index in [1.54, 1.807) is 0 Å². The second kappa shape index (κ2) is 9.64. The molecule has 0 unspecified atom stereocenters. The molecule has 0 aliphatic heterocycles. The van der Waals surface area contributed by atoms with Gasteiger partial charge in [0.1, 0.15) is 5.84 Å². The highest BCUT2D eigenvalue weighted by atomic mass is 16.4. The van der Waals surface area contributed by atoms with Gasteiger partial charge in [-0.3, -0.25) is 4.79 Å². The number of carbonyl (C=O) groups is 1. The molecule has 1 amide bonds. The van der Waals surface area contributed by atoms with Gasteiger partial charge in [-0.2, -0.15) is 0 Å². The molecule has 1 aliphatic rings. The molecular weight excluding hydrogens is 266 g/mol. The third-order valence-corrected chi connectivity index (χ3v) is 4.20. The number of carbonyl (C=O) groups excluding carboxylic acids is 1. The summed E-state index contributed by atoms with van der Waals surface area (Å²) in [7, 11) is 0. The number of amides is 1. The summed E-state index contributed by atoms with van der Waals surface area (Å²) in [5.41, 5.74) is 5.51. The zero-order chi connectivity index (χ0) is 15.7. The normalized spacial score (nSPS) is 17.2. The molecule has 1 rings (SSSR count). The summed E-state index contributed by atoms with van der Waals surface area (Å²) in [6.45, 7) is 5.48. The fourth-order valence-corrected chi connectivity index (χ4v) is 3.02. The van der Waals surface area contributed by atoms with Gasteiger partial charge in [-0.15, -0.1) is 0 Å². The van der Waals surface area contributed by atoms with Crippen LogP contribution in [0.1, 0.15) is 65.2 Å². The van der Waals surface area contributed by atoms with Crippen LogP contribution in [0.3, 0.4) is 0 Å². The van der Waals surface area contributed by atoms with Gasteiger partial charge in [-0.05, 0) is 18.3 Å². The van der Waals surface area contributed by atoms with Gasteiger partial charge in [0.15, 0.2) is 0 Å². The second-order valence-corrected chi connectivity index (χ2v) is 6.62. The van der Waals surface area contributed by atoms with Crippen molar-refractivity contribution in [2.24, 2.45) is 22.7 Å². The van der Waals surface area contributed by atoms with Crippen LogP contribution in [0.2, 0.25) is 0 Å². The predicted octanol–water partition coefficient (Wildman–Crippen LogP) is 2.97. The van der Waals surface area contributed by atoms with E-state index in [4.69, 9.17) is 10.9 Å². The quantitative estimate of drug-likeness (QED) is 0.313. The zero-order valence-electron chi connectivity index (χ0n) is 13.6. The molecule has 5 nitrogen and oxygen atoms in total. The highest BCUT2D eigenvalue weighted by Crippen LogP contribution is 2.27. The van der Waals surface area contributed by atoms with E-state index in [1.165, 1.54) is 32.1 Å². The lowest BCUT2D eigenvalue weighted by Crippen LogP contribution is -2.37. The van der Waals surface area contributed by atoms with E-state index in [0.29, 0.717) is 25.3 Å². The molecule has 0 radical (unpaired) electrons. The summed E-state index contributed by atoms with van der Waals surface area (Å²) >= 11 is 0. The van der Waals surface area contributed by atoms with Crippen LogP contribution in [0.4, 0.5) is 0 Å². The Balaban J connectivity index is 2.41. The van der Waals surface area contributed by atoms with E-state index >= 15 is 0 Å². The van der Waals surface area contributed by atoms with Crippen molar-refractivity contribution in [3.05, 3.63) is 0 Å². The molecule has 3 N–H and O–H groups in total. The van der Waals surface area contributed by atoms with Crippen LogP contribution < -0.4 is 5.73 Å². The summed E-state index contributed by atoms with van der Waals surface area (Å²) in [4.78, 5) is 14.3. The summed E-state index contributed by atoms with van der Waals surface area (Å²) in [5.74, 6) is 1.55. The first-order valence-electron chi connectivity index (χ1n) is 8.27. The molecule has 1 fully saturated rings. The van der Waals surface area contributed by atoms with Crippen LogP contribution in [-0.4, -0.2) is 34.9 Å². The van der Waals surface area contributed by atoms with Gasteiger partial charge in [0, 0.05) is 25.9 Å². The van der Waals surface area contributed by atoms with Crippen molar-refractivity contribution in [2.45, 2.75) is 65.2 Å². The van der Waals surface area contributed by atoms with E-state index in [9.17, 15) is 4.79 Å². The van der Waals surface area contributed by atoms with Gasteiger partial charge in [0.25, 0.3) is 0 Å². The van der Waals surface area contributed by atoms with Crippen LogP contribution in [0.15, 0.2) is 5.16 Å². The first-order valence-corrected chi connectivity index (χ1v) is 8.27. The van der Waals surface area contributed by atoms with Crippen molar-refractivity contribution in [1.29, 1.82) is 0 Å². The predicted molar refractivity (Wildman–Crippen MR) is 85.3 cm³/mol. The number of hydrogen-bond donors (Lipinski definition) is 2. The Morgan fingerprint density at radius 1 is 1.29 bits per heavy atom. The minimum Gasteiger partial charge on any atom is -0.409 e. The summed E-state index contributed by atoms with van der Waals surface area (Å²) in [6, 6.07) is 0. The van der Waals surface area contributed by atoms with Crippen molar-refractivity contribution in [3.63, 3.8) is 0 Å². The molecule has 5 heteroatoms. The Morgan fingerprint density at radius 3 is 2.52 bits per heavy atom. The fourth-order valence-electron chi connectivity index (χ4n) is 3.02. The van der Waals surface area contributed by atoms with Crippen LogP contribution in [0.25, 0.3) is 0 Å². The van der Waals surface area contributed by atoms with Crippen molar-refractivity contribution < 1.29 is 10.0 Å². The molecule has 0 aromatic rings. The third kappa shape index (κ3) is 7.34. The topological polar surface area (TPSA) is 78.9 Å². The summed E-state index contributed by atoms with van der Waals surface area (Å²) in [6.07, 6.45) is 8.62. The lowest BCUT2D eigenvalue weighted by molar-refractivity contribution is -0.132. The first kappa shape index (κ1) is 17.8. The SMILES string of the molecule is CC(C)CN(CCC(N)=NO)C(=O)CCC1CCCCC1. The minimum atomic E-state index is 0.184. The lowest BCUT2D eigenvalue weighted by Gasteiger charge is -2.26. The van der Waals surface area contributed by atoms with Crippen molar-refractivity contribution >= 4 is 11.7 Å². The highest BCUT2D eigenvalue weighted by Gasteiger charge is 2.19. The van der Waals surface area contributed by atoms with Crippen molar-refractivity contribution in [3.8, 4) is 0 Å². The average Bonchev–Trinajstić information content (AvgIpc) is 2.49. The minimum absolute atomic E-state index is 0.184. The third-order valence-electron chi connectivity index (χ3n) is 4.20. The maximum Gasteiger partial charge on any atom is 0.222 e. The second-order valence-electron chi connectivity index (χ2n) is 6.62. The number of hydrogen-bond acceptors (Lipinski definition) is 3. The Kier molecular flexibility index (Phi) is 8.16. The zero-order valence-corrected chi connectivity index (χ0v) is 13.6. The molecule has 122 valence electrons. The molecule has 1 saturated carbocycles. The Hall–Kier alpha value is -1.26. The van der Waals surface area contributed by atoms with Crippen LogP contribution in [-0.2, 0) is 4.79 Å². The number of amidine groups is 1. The van der Waals surface area contributed by atoms with E-state index < -0.39 is 0 Å². The van der Waals surface area contributed by atoms with E-state index in [1.807, 2.05) is 4.90 Å². The molecule has 0 bridgehead atoms. The van der Waals surface area contributed by atoms with Crippen molar-refractivity contribution in [1.82, 2.24) is 4.90 Å². The number of rotatable bonds is 8. The Labute approximate surface area is 128 Å². The molecule has 21 heavy (non-hydrogen) atoms. The van der Waals surface area contributed by atoms with Gasteiger partial charge in [0.05, 0.1) is 0 Å². The van der Waals surface area contributed by atoms with E-state index in [-0.39, 0.29) is 11.7 Å². The maximum absolute atomic E-state index is 12.4. The van der Waals surface area contributed by atoms with E-state index in [0.717, 1.165) is 18.9 Å². The van der Waals surface area contributed by atoms with Gasteiger partial charge < -0.3 is 15.8 Å². The number of nitrogens with two attached hydrogens (primary N) is 1. The van der Waals surface area contributed by atoms with Crippen LogP contribution >= 0.6 is 0 Å². The Bertz CT molecular complexity index is 336. The number of oxime groups is 1. The monoisotopic (exact) mass is 297 g/mol. The molecule has 0 aromatic carbocycles.